The van der Waals surface area contributed by atoms with E-state index in [-0.39, 0.29) is 0 Å². The maximum Gasteiger partial charge on any atom is 0.227 e. The summed E-state index contributed by atoms with van der Waals surface area (Å²) in [6.45, 7) is 4.78. The minimum absolute atomic E-state index is 0.643. The average molecular weight is 352 g/mol. The molecule has 1 fully saturated rings. The highest BCUT2D eigenvalue weighted by Gasteiger charge is 2.13. The van der Waals surface area contributed by atoms with E-state index in [1.807, 2.05) is 36.4 Å². The second-order valence-electron chi connectivity index (χ2n) is 6.56. The van der Waals surface area contributed by atoms with Crippen molar-refractivity contribution < 1.29 is 9.15 Å². The lowest BCUT2D eigenvalue weighted by Crippen LogP contribution is -2.36. The molecular formula is C20H24N4O2. The molecular weight excluding hydrogens is 328 g/mol. The number of ether oxygens (including phenoxy) is 1. The molecule has 0 aliphatic carbocycles. The number of benzene rings is 2. The van der Waals surface area contributed by atoms with E-state index in [0.29, 0.717) is 5.89 Å². The number of morpholine rings is 1. The zero-order valence-corrected chi connectivity index (χ0v) is 14.8. The Bertz CT molecular complexity index is 838. The highest BCUT2D eigenvalue weighted by Crippen LogP contribution is 2.28. The Balaban J connectivity index is 1.50. The summed E-state index contributed by atoms with van der Waals surface area (Å²) in [7, 11) is 0. The first-order chi connectivity index (χ1) is 12.8. The van der Waals surface area contributed by atoms with Crippen LogP contribution in [0.3, 0.4) is 0 Å². The minimum Gasteiger partial charge on any atom is -0.436 e. The van der Waals surface area contributed by atoms with Crippen molar-refractivity contribution in [2.75, 3.05) is 38.3 Å². The van der Waals surface area contributed by atoms with Crippen LogP contribution in [0.25, 0.3) is 22.6 Å². The Hall–Kier alpha value is -2.41. The molecule has 6 nitrogen and oxygen atoms in total. The van der Waals surface area contributed by atoms with Crippen molar-refractivity contribution in [3.05, 3.63) is 48.0 Å². The molecule has 0 spiro atoms. The predicted octanol–water partition coefficient (Wildman–Crippen LogP) is 3.05. The lowest BCUT2D eigenvalue weighted by Gasteiger charge is -2.26. The molecule has 6 heteroatoms. The number of nitrogens with zero attached hydrogens (tertiary/aromatic N) is 2. The molecule has 0 unspecified atom stereocenters. The Kier molecular flexibility index (Phi) is 5.15. The van der Waals surface area contributed by atoms with Crippen molar-refractivity contribution in [2.45, 2.75) is 12.8 Å². The maximum absolute atomic E-state index is 5.90. The second-order valence-corrected chi connectivity index (χ2v) is 6.56. The molecule has 1 aliphatic heterocycles. The molecule has 0 amide bonds. The number of fused-ring (bicyclic) bond motifs is 1. The Morgan fingerprint density at radius 1 is 1.12 bits per heavy atom. The maximum atomic E-state index is 5.90. The number of hydrogen-bond acceptors (Lipinski definition) is 6. The number of anilines is 1. The molecule has 3 aromatic rings. The SMILES string of the molecule is NNc1ccc(-c2nc3ccccc3o2)cc1CCCN1CCOCC1. The molecule has 0 saturated carbocycles. The van der Waals surface area contributed by atoms with E-state index >= 15 is 0 Å². The molecule has 3 N–H and O–H groups in total. The van der Waals surface area contributed by atoms with E-state index in [0.717, 1.165) is 68.0 Å². The third kappa shape index (κ3) is 3.72. The van der Waals surface area contributed by atoms with Crippen molar-refractivity contribution in [3.63, 3.8) is 0 Å². The first kappa shape index (κ1) is 17.0. The summed E-state index contributed by atoms with van der Waals surface area (Å²) in [6.07, 6.45) is 2.02. The average Bonchev–Trinajstić information content (AvgIpc) is 3.13. The summed E-state index contributed by atoms with van der Waals surface area (Å²) in [5.41, 5.74) is 7.59. The topological polar surface area (TPSA) is 76.5 Å². The monoisotopic (exact) mass is 352 g/mol. The number of hydrogen-bond donors (Lipinski definition) is 2. The highest BCUT2D eigenvalue weighted by molar-refractivity contribution is 5.76. The summed E-state index contributed by atoms with van der Waals surface area (Å²) >= 11 is 0. The molecule has 136 valence electrons. The van der Waals surface area contributed by atoms with Gasteiger partial charge in [-0.15, -0.1) is 0 Å². The number of nitrogen functional groups attached to an aromatic ring is 1. The molecule has 0 bridgehead atoms. The van der Waals surface area contributed by atoms with Crippen LogP contribution in [0.15, 0.2) is 46.9 Å². The van der Waals surface area contributed by atoms with E-state index in [2.05, 4.69) is 21.4 Å². The van der Waals surface area contributed by atoms with Gasteiger partial charge in [-0.3, -0.25) is 10.7 Å². The first-order valence-electron chi connectivity index (χ1n) is 9.09. The summed E-state index contributed by atoms with van der Waals surface area (Å²) in [5.74, 6) is 6.34. The van der Waals surface area contributed by atoms with Gasteiger partial charge in [-0.1, -0.05) is 12.1 Å². The Morgan fingerprint density at radius 2 is 1.96 bits per heavy atom. The van der Waals surface area contributed by atoms with Gasteiger partial charge in [0.05, 0.1) is 18.9 Å². The molecule has 1 aromatic heterocycles. The molecule has 1 saturated heterocycles. The number of oxazole rings is 1. The third-order valence-corrected chi connectivity index (χ3v) is 4.83. The molecule has 1 aliphatic rings. The van der Waals surface area contributed by atoms with Gasteiger partial charge in [-0.25, -0.2) is 4.98 Å². The van der Waals surface area contributed by atoms with Crippen LogP contribution >= 0.6 is 0 Å². The normalized spacial score (nSPS) is 15.4. The van der Waals surface area contributed by atoms with Gasteiger partial charge in [0.2, 0.25) is 5.89 Å². The Labute approximate surface area is 152 Å². The van der Waals surface area contributed by atoms with Crippen molar-refractivity contribution in [1.29, 1.82) is 0 Å². The first-order valence-corrected chi connectivity index (χ1v) is 9.09. The predicted molar refractivity (Wildman–Crippen MR) is 103 cm³/mol. The van der Waals surface area contributed by atoms with E-state index in [1.54, 1.807) is 0 Å². The quantitative estimate of drug-likeness (QED) is 0.524. The number of aromatic nitrogens is 1. The number of rotatable bonds is 6. The minimum atomic E-state index is 0.643. The number of nitrogens with two attached hydrogens (primary N) is 1. The van der Waals surface area contributed by atoms with Crippen LogP contribution in [-0.2, 0) is 11.2 Å². The van der Waals surface area contributed by atoms with E-state index in [4.69, 9.17) is 15.0 Å². The van der Waals surface area contributed by atoms with Gasteiger partial charge < -0.3 is 14.6 Å². The van der Waals surface area contributed by atoms with Gasteiger partial charge in [0, 0.05) is 18.7 Å². The zero-order valence-electron chi connectivity index (χ0n) is 14.8. The van der Waals surface area contributed by atoms with Crippen LogP contribution in [0.2, 0.25) is 0 Å². The van der Waals surface area contributed by atoms with E-state index in [1.165, 1.54) is 5.56 Å². The van der Waals surface area contributed by atoms with Crippen molar-refractivity contribution in [3.8, 4) is 11.5 Å². The smallest absolute Gasteiger partial charge is 0.227 e. The lowest BCUT2D eigenvalue weighted by molar-refractivity contribution is 0.0375. The van der Waals surface area contributed by atoms with Crippen LogP contribution in [0.4, 0.5) is 5.69 Å². The molecule has 2 heterocycles. The van der Waals surface area contributed by atoms with Crippen molar-refractivity contribution in [2.24, 2.45) is 5.84 Å². The van der Waals surface area contributed by atoms with Gasteiger partial charge in [-0.2, -0.15) is 0 Å². The summed E-state index contributed by atoms with van der Waals surface area (Å²) < 4.78 is 11.3. The number of aryl methyl sites for hydroxylation is 1. The summed E-state index contributed by atoms with van der Waals surface area (Å²) in [4.78, 5) is 7.04. The zero-order chi connectivity index (χ0) is 17.8. The van der Waals surface area contributed by atoms with Gasteiger partial charge in [-0.05, 0) is 55.3 Å². The molecule has 26 heavy (non-hydrogen) atoms. The fourth-order valence-corrected chi connectivity index (χ4v) is 3.39. The second kappa shape index (κ2) is 7.86. The van der Waals surface area contributed by atoms with Crippen LogP contribution in [0.5, 0.6) is 0 Å². The lowest BCUT2D eigenvalue weighted by atomic mass is 10.0. The summed E-state index contributed by atoms with van der Waals surface area (Å²) in [6, 6.07) is 13.9. The van der Waals surface area contributed by atoms with Crippen molar-refractivity contribution in [1.82, 2.24) is 9.88 Å². The van der Waals surface area contributed by atoms with Crippen molar-refractivity contribution >= 4 is 16.8 Å². The van der Waals surface area contributed by atoms with Crippen LogP contribution in [-0.4, -0.2) is 42.7 Å². The van der Waals surface area contributed by atoms with E-state index < -0.39 is 0 Å². The summed E-state index contributed by atoms with van der Waals surface area (Å²) in [5, 5.41) is 0. The fourth-order valence-electron chi connectivity index (χ4n) is 3.39. The van der Waals surface area contributed by atoms with E-state index in [9.17, 15) is 0 Å². The van der Waals surface area contributed by atoms with Gasteiger partial charge in [0.1, 0.15) is 5.52 Å². The van der Waals surface area contributed by atoms with Crippen LogP contribution < -0.4 is 11.3 Å². The molecule has 2 aromatic carbocycles. The number of nitrogens with one attached hydrogen (secondary N) is 1. The van der Waals surface area contributed by atoms with Gasteiger partial charge in [0.15, 0.2) is 5.58 Å². The molecule has 0 atom stereocenters. The number of para-hydroxylation sites is 2. The molecule has 0 radical (unpaired) electrons. The van der Waals surface area contributed by atoms with Gasteiger partial charge in [0.25, 0.3) is 0 Å². The Morgan fingerprint density at radius 3 is 2.77 bits per heavy atom. The largest absolute Gasteiger partial charge is 0.436 e. The highest BCUT2D eigenvalue weighted by atomic mass is 16.5. The van der Waals surface area contributed by atoms with Crippen LogP contribution in [0.1, 0.15) is 12.0 Å². The number of hydrazine groups is 1. The fraction of sp³-hybridized carbons (Fsp3) is 0.350. The molecule has 4 rings (SSSR count). The van der Waals surface area contributed by atoms with Gasteiger partial charge >= 0.3 is 0 Å². The standard InChI is InChI=1S/C20H24N4O2/c21-23-17-8-7-16(20-22-18-5-1-2-6-19(18)26-20)14-15(17)4-3-9-24-10-12-25-13-11-24/h1-2,5-8,14,23H,3-4,9-13,21H2. The van der Waals surface area contributed by atoms with Crippen LogP contribution in [0, 0.1) is 0 Å². The third-order valence-electron chi connectivity index (χ3n) is 4.83.